The molecule has 0 unspecified atom stereocenters. The molecule has 0 aliphatic carbocycles. The van der Waals surface area contributed by atoms with Crippen molar-refractivity contribution in [2.45, 2.75) is 32.7 Å². The Labute approximate surface area is 153 Å². The Hall–Kier alpha value is -1.36. The highest BCUT2D eigenvalue weighted by Crippen LogP contribution is 2.19. The van der Waals surface area contributed by atoms with Crippen molar-refractivity contribution in [2.24, 2.45) is 5.92 Å². The van der Waals surface area contributed by atoms with E-state index in [4.69, 9.17) is 4.74 Å². The minimum Gasteiger partial charge on any atom is -0.496 e. The first-order valence-corrected chi connectivity index (χ1v) is 9.50. The van der Waals surface area contributed by atoms with Crippen molar-refractivity contribution in [3.05, 3.63) is 35.9 Å². The fraction of sp³-hybridized carbons (Fsp3) is 0.619. The number of aliphatic hydroxyl groups is 1. The van der Waals surface area contributed by atoms with Gasteiger partial charge in [0.15, 0.2) is 0 Å². The molecule has 140 valence electrons. The summed E-state index contributed by atoms with van der Waals surface area (Å²) >= 11 is 0. The molecule has 4 nitrogen and oxygen atoms in total. The van der Waals surface area contributed by atoms with E-state index in [1.165, 1.54) is 6.42 Å². The number of ether oxygens (including phenoxy) is 1. The van der Waals surface area contributed by atoms with Crippen LogP contribution in [0.1, 0.15) is 32.3 Å². The number of para-hydroxylation sites is 1. The lowest BCUT2D eigenvalue weighted by atomic mass is 10.1. The van der Waals surface area contributed by atoms with Gasteiger partial charge in [-0.2, -0.15) is 0 Å². The predicted octanol–water partition coefficient (Wildman–Crippen LogP) is 3.12. The second kappa shape index (κ2) is 10.6. The van der Waals surface area contributed by atoms with Crippen LogP contribution in [0, 0.1) is 5.92 Å². The average Bonchev–Trinajstić information content (AvgIpc) is 2.61. The van der Waals surface area contributed by atoms with Gasteiger partial charge in [0.05, 0.1) is 7.11 Å². The van der Waals surface area contributed by atoms with Crippen LogP contribution in [-0.4, -0.2) is 67.4 Å². The maximum atomic E-state index is 9.41. The second-order valence-corrected chi connectivity index (χ2v) is 7.29. The molecule has 1 saturated heterocycles. The maximum Gasteiger partial charge on any atom is 0.126 e. The molecule has 0 bridgehead atoms. The van der Waals surface area contributed by atoms with E-state index < -0.39 is 0 Å². The number of benzene rings is 1. The number of hydrogen-bond donors (Lipinski definition) is 1. The van der Waals surface area contributed by atoms with E-state index in [-0.39, 0.29) is 6.61 Å². The van der Waals surface area contributed by atoms with Gasteiger partial charge in [0.25, 0.3) is 0 Å². The first-order valence-electron chi connectivity index (χ1n) is 9.50. The highest BCUT2D eigenvalue weighted by molar-refractivity contribution is 5.57. The topological polar surface area (TPSA) is 35.9 Å². The highest BCUT2D eigenvalue weighted by atomic mass is 16.5. The lowest BCUT2D eigenvalue weighted by molar-refractivity contribution is 0.0621. The summed E-state index contributed by atoms with van der Waals surface area (Å²) in [5.74, 6) is 1.65. The van der Waals surface area contributed by atoms with Gasteiger partial charge in [-0.3, -0.25) is 9.80 Å². The van der Waals surface area contributed by atoms with Gasteiger partial charge in [-0.05, 0) is 31.4 Å². The van der Waals surface area contributed by atoms with Crippen molar-refractivity contribution < 1.29 is 9.84 Å². The lowest BCUT2D eigenvalue weighted by Crippen LogP contribution is -2.53. The Kier molecular flexibility index (Phi) is 8.45. The molecule has 0 radical (unpaired) electrons. The molecule has 2 rings (SSSR count). The zero-order valence-electron chi connectivity index (χ0n) is 16.0. The molecule has 1 N–H and O–H groups in total. The van der Waals surface area contributed by atoms with E-state index in [1.807, 2.05) is 18.2 Å². The van der Waals surface area contributed by atoms with E-state index in [0.29, 0.717) is 6.04 Å². The fourth-order valence-electron chi connectivity index (χ4n) is 3.40. The van der Waals surface area contributed by atoms with E-state index in [0.717, 1.165) is 56.4 Å². The Morgan fingerprint density at radius 2 is 2.08 bits per heavy atom. The summed E-state index contributed by atoms with van der Waals surface area (Å²) in [5.41, 5.74) is 1.12. The Morgan fingerprint density at radius 3 is 2.80 bits per heavy atom. The number of rotatable bonds is 9. The summed E-state index contributed by atoms with van der Waals surface area (Å²) in [6.07, 6.45) is 6.46. The van der Waals surface area contributed by atoms with E-state index >= 15 is 0 Å². The fourth-order valence-corrected chi connectivity index (χ4v) is 3.40. The Morgan fingerprint density at radius 1 is 1.28 bits per heavy atom. The summed E-state index contributed by atoms with van der Waals surface area (Å²) in [6.45, 7) is 10.1. The van der Waals surface area contributed by atoms with Gasteiger partial charge in [-0.1, -0.05) is 44.2 Å². The van der Waals surface area contributed by atoms with Gasteiger partial charge in [0.1, 0.15) is 5.75 Å². The van der Waals surface area contributed by atoms with Crippen molar-refractivity contribution in [3.8, 4) is 5.75 Å². The normalized spacial score (nSPS) is 19.8. The van der Waals surface area contributed by atoms with Crippen LogP contribution in [0.15, 0.2) is 30.3 Å². The minimum atomic E-state index is 0.272. The summed E-state index contributed by atoms with van der Waals surface area (Å²) in [7, 11) is 1.71. The third-order valence-corrected chi connectivity index (χ3v) is 4.94. The molecule has 4 heteroatoms. The average molecular weight is 347 g/mol. The van der Waals surface area contributed by atoms with Crippen molar-refractivity contribution in [1.82, 2.24) is 9.80 Å². The van der Waals surface area contributed by atoms with Crippen LogP contribution in [0.2, 0.25) is 0 Å². The monoisotopic (exact) mass is 346 g/mol. The number of methoxy groups -OCH3 is 1. The van der Waals surface area contributed by atoms with Gasteiger partial charge < -0.3 is 9.84 Å². The zero-order chi connectivity index (χ0) is 18.1. The summed E-state index contributed by atoms with van der Waals surface area (Å²) in [6, 6.07) is 8.56. The molecular formula is C21H34N2O2. The van der Waals surface area contributed by atoms with Crippen LogP contribution in [0.5, 0.6) is 5.75 Å². The molecule has 1 aromatic rings. The second-order valence-electron chi connectivity index (χ2n) is 7.29. The third-order valence-electron chi connectivity index (χ3n) is 4.94. The molecule has 1 fully saturated rings. The van der Waals surface area contributed by atoms with Crippen molar-refractivity contribution in [1.29, 1.82) is 0 Å². The number of aliphatic hydroxyl groups excluding tert-OH is 1. The van der Waals surface area contributed by atoms with Crippen LogP contribution < -0.4 is 4.74 Å². The smallest absolute Gasteiger partial charge is 0.126 e. The molecule has 0 spiro atoms. The first-order chi connectivity index (χ1) is 12.1. The van der Waals surface area contributed by atoms with Gasteiger partial charge in [0, 0.05) is 44.4 Å². The Bertz CT molecular complexity index is 530. The largest absolute Gasteiger partial charge is 0.496 e. The molecule has 1 aliphatic heterocycles. The van der Waals surface area contributed by atoms with Crippen LogP contribution in [-0.2, 0) is 0 Å². The SMILES string of the molecule is COc1ccccc1/C=C/CN1CCN(CCC(C)C)[C@H](CCO)C1. The van der Waals surface area contributed by atoms with E-state index in [1.54, 1.807) is 7.11 Å². The van der Waals surface area contributed by atoms with Gasteiger partial charge in [-0.25, -0.2) is 0 Å². The highest BCUT2D eigenvalue weighted by Gasteiger charge is 2.25. The maximum absolute atomic E-state index is 9.41. The third kappa shape index (κ3) is 6.46. The minimum absolute atomic E-state index is 0.272. The van der Waals surface area contributed by atoms with Gasteiger partial charge in [0.2, 0.25) is 0 Å². The quantitative estimate of drug-likeness (QED) is 0.745. The number of piperazine rings is 1. The molecule has 1 aliphatic rings. The molecule has 1 heterocycles. The summed E-state index contributed by atoms with van der Waals surface area (Å²) in [4.78, 5) is 5.05. The standard InChI is InChI=1S/C21H34N2O2/c1-18(2)10-13-23-15-14-22(17-20(23)11-16-24)12-6-8-19-7-4-5-9-21(19)25-3/h4-9,18,20,24H,10-17H2,1-3H3/b8-6+/t20-/m1/s1. The summed E-state index contributed by atoms with van der Waals surface area (Å²) in [5, 5.41) is 9.41. The molecule has 0 aromatic heterocycles. The lowest BCUT2D eigenvalue weighted by Gasteiger charge is -2.41. The van der Waals surface area contributed by atoms with Crippen LogP contribution >= 0.6 is 0 Å². The van der Waals surface area contributed by atoms with Crippen molar-refractivity contribution >= 4 is 6.08 Å². The number of nitrogens with zero attached hydrogens (tertiary/aromatic N) is 2. The van der Waals surface area contributed by atoms with E-state index in [2.05, 4.69) is 41.9 Å². The molecule has 1 aromatic carbocycles. The van der Waals surface area contributed by atoms with E-state index in [9.17, 15) is 5.11 Å². The summed E-state index contributed by atoms with van der Waals surface area (Å²) < 4.78 is 5.40. The Balaban J connectivity index is 1.88. The molecular weight excluding hydrogens is 312 g/mol. The van der Waals surface area contributed by atoms with Crippen LogP contribution in [0.4, 0.5) is 0 Å². The molecule has 25 heavy (non-hydrogen) atoms. The number of hydrogen-bond acceptors (Lipinski definition) is 4. The first kappa shape index (κ1) is 20.0. The van der Waals surface area contributed by atoms with Crippen LogP contribution in [0.25, 0.3) is 6.08 Å². The van der Waals surface area contributed by atoms with Gasteiger partial charge in [-0.15, -0.1) is 0 Å². The van der Waals surface area contributed by atoms with Crippen molar-refractivity contribution in [3.63, 3.8) is 0 Å². The van der Waals surface area contributed by atoms with Gasteiger partial charge >= 0.3 is 0 Å². The van der Waals surface area contributed by atoms with Crippen LogP contribution in [0.3, 0.4) is 0 Å². The predicted molar refractivity (Wildman–Crippen MR) is 105 cm³/mol. The molecule has 1 atom stereocenters. The molecule has 0 saturated carbocycles. The van der Waals surface area contributed by atoms with Crippen molar-refractivity contribution in [2.75, 3.05) is 46.4 Å². The zero-order valence-corrected chi connectivity index (χ0v) is 16.0. The molecule has 0 amide bonds.